The molecule has 0 saturated heterocycles. The van der Waals surface area contributed by atoms with E-state index in [-0.39, 0.29) is 206 Å². The van der Waals surface area contributed by atoms with E-state index in [0.29, 0.717) is 0 Å². The fraction of sp³-hybridized carbons (Fsp3) is 0. The van der Waals surface area contributed by atoms with Crippen LogP contribution in [-0.4, -0.2) is 0 Å². The Morgan fingerprint density at radius 3 is 0.529 bits per heavy atom. The van der Waals surface area contributed by atoms with Crippen molar-refractivity contribution in [2.24, 2.45) is 0 Å². The van der Waals surface area contributed by atoms with E-state index in [9.17, 15) is 0 Å². The van der Waals surface area contributed by atoms with Gasteiger partial charge in [-0.25, -0.2) is 0 Å². The molecule has 0 aliphatic rings. The molecule has 17 heavy (non-hydrogen) atoms. The van der Waals surface area contributed by atoms with Gasteiger partial charge in [0.2, 0.25) is 0 Å². The zero-order valence-electron chi connectivity index (χ0n) is 10.0. The molecule has 66 valence electrons. The molecular formula is C6K4N6Ru. The Kier molecular flexibility index (Phi) is 22.5. The fourth-order valence-electron chi connectivity index (χ4n) is 0.265. The van der Waals surface area contributed by atoms with Crippen LogP contribution in [0, 0.1) is 59.6 Å². The second-order valence-electron chi connectivity index (χ2n) is 1.80. The Bertz CT molecular complexity index is 400. The van der Waals surface area contributed by atoms with Crippen molar-refractivity contribution in [3.63, 3.8) is 0 Å². The van der Waals surface area contributed by atoms with Crippen LogP contribution < -0.4 is 206 Å². The molecule has 0 amide bonds. The Morgan fingerprint density at radius 1 is 0.412 bits per heavy atom. The Hall–Kier alpha value is 4.11. The maximum Gasteiger partial charge on any atom is 1.00 e. The van der Waals surface area contributed by atoms with Crippen LogP contribution in [0.3, 0.4) is 0 Å². The van der Waals surface area contributed by atoms with Gasteiger partial charge < -0.3 is 0 Å². The molecule has 0 rings (SSSR count). The second kappa shape index (κ2) is 11.6. The zero-order chi connectivity index (χ0) is 10.7. The average molecular weight is 414 g/mol. The van der Waals surface area contributed by atoms with Crippen molar-refractivity contribution in [2.75, 3.05) is 0 Å². The number of nitrogens with zero attached hydrogens (tertiary/aromatic N) is 6. The minimum absolute atomic E-state index is 0. The second-order valence-corrected chi connectivity index (χ2v) is 10.6. The van der Waals surface area contributed by atoms with E-state index in [1.54, 1.807) is 0 Å². The van der Waals surface area contributed by atoms with Crippen molar-refractivity contribution >= 4 is 0 Å². The van der Waals surface area contributed by atoms with E-state index in [1.165, 1.54) is 0 Å². The van der Waals surface area contributed by atoms with Crippen LogP contribution in [0.4, 0.5) is 0 Å². The van der Waals surface area contributed by atoms with Gasteiger partial charge >= 0.3 is 278 Å². The van der Waals surface area contributed by atoms with Gasteiger partial charge in [-0.15, -0.1) is 0 Å². The molecule has 0 aliphatic carbocycles. The number of hydrogen-bond acceptors (Lipinski definition) is 6. The molecule has 0 heterocycles. The predicted octanol–water partition coefficient (Wildman–Crippen LogP) is -11.9. The maximum absolute atomic E-state index is 8.59. The monoisotopic (exact) mass is 414 g/mol. The van der Waals surface area contributed by atoms with Crippen LogP contribution in [0.2, 0.25) is 0 Å². The van der Waals surface area contributed by atoms with E-state index in [1.807, 2.05) is 0 Å². The van der Waals surface area contributed by atoms with Crippen molar-refractivity contribution in [1.82, 2.24) is 0 Å². The molecule has 0 aliphatic heterocycles. The molecular weight excluding hydrogens is 414 g/mol. The molecule has 0 saturated carbocycles. The smallest absolute Gasteiger partial charge is 1.00 e. The third kappa shape index (κ3) is 5.67. The normalized spacial score (nSPS) is 10.2. The predicted molar refractivity (Wildman–Crippen MR) is 33.7 cm³/mol. The molecule has 0 unspecified atom stereocenters. The summed E-state index contributed by atoms with van der Waals surface area (Å²) in [6, 6.07) is 0. The molecule has 0 aromatic heterocycles. The minimum atomic E-state index is -6.55. The topological polar surface area (TPSA) is 143 Å². The molecule has 0 spiro atoms. The molecule has 0 fully saturated rings. The van der Waals surface area contributed by atoms with Crippen LogP contribution >= 0.6 is 0 Å². The Labute approximate surface area is 268 Å². The van der Waals surface area contributed by atoms with Crippen molar-refractivity contribution in [1.29, 1.82) is 31.6 Å². The first kappa shape index (κ1) is 32.9. The molecule has 11 heteroatoms. The van der Waals surface area contributed by atoms with E-state index in [4.69, 9.17) is 31.6 Å². The molecule has 0 radical (unpaired) electrons. The number of hydrogen-bond donors (Lipinski definition) is 0. The van der Waals surface area contributed by atoms with Gasteiger partial charge in [-0.1, -0.05) is 0 Å². The molecule has 6 nitrogen and oxygen atoms in total. The van der Waals surface area contributed by atoms with Gasteiger partial charge in [-0.3, -0.25) is 0 Å². The Balaban J connectivity index is -0.000000120. The molecule has 0 bridgehead atoms. The van der Waals surface area contributed by atoms with Crippen molar-refractivity contribution < 1.29 is 218 Å². The standard InChI is InChI=1S/6CN.4K.Ru/c6*1-2;;;;;/q;;;;;;4*+1;-4. The SMILES string of the molecule is N#[C][Ru-4]([C]#N)([C]#N)([C]#N)([C]#N)[C]#N.[K+].[K+].[K+].[K+]. The van der Waals surface area contributed by atoms with Gasteiger partial charge in [0.15, 0.2) is 0 Å². The summed E-state index contributed by atoms with van der Waals surface area (Å²) in [4.78, 5) is 0. The Morgan fingerprint density at radius 2 is 0.529 bits per heavy atom. The van der Waals surface area contributed by atoms with Gasteiger partial charge in [-0.05, 0) is 0 Å². The maximum atomic E-state index is 8.59. The number of nitriles is 6. The minimum Gasteiger partial charge on any atom is 1.00 e. The van der Waals surface area contributed by atoms with Crippen LogP contribution in [-0.2, 0) is 12.4 Å². The third-order valence-corrected chi connectivity index (χ3v) is 7.02. The summed E-state index contributed by atoms with van der Waals surface area (Å²) in [7, 11) is 0. The van der Waals surface area contributed by atoms with Crippen molar-refractivity contribution in [2.45, 2.75) is 0 Å². The van der Waals surface area contributed by atoms with Crippen molar-refractivity contribution in [3.8, 4) is 28.0 Å². The summed E-state index contributed by atoms with van der Waals surface area (Å²) in [6.07, 6.45) is 0. The average Bonchev–Trinajstić information content (AvgIpc) is 2.26. The van der Waals surface area contributed by atoms with Crippen LogP contribution in [0.15, 0.2) is 0 Å². The number of rotatable bonds is 0. The first-order chi connectivity index (χ1) is 5.97. The third-order valence-electron chi connectivity index (χ3n) is 1.19. The molecule has 0 atom stereocenters. The van der Waals surface area contributed by atoms with E-state index < -0.39 is 12.4 Å². The van der Waals surface area contributed by atoms with E-state index in [0.717, 1.165) is 28.0 Å². The van der Waals surface area contributed by atoms with E-state index >= 15 is 0 Å². The van der Waals surface area contributed by atoms with Gasteiger partial charge in [0.25, 0.3) is 0 Å². The quantitative estimate of drug-likeness (QED) is 0.361. The van der Waals surface area contributed by atoms with Gasteiger partial charge in [-0.2, -0.15) is 0 Å². The largest absolute Gasteiger partial charge is 1.00 e. The summed E-state index contributed by atoms with van der Waals surface area (Å²) < 4.78 is 6.37. The first-order valence-electron chi connectivity index (χ1n) is 2.40. The summed E-state index contributed by atoms with van der Waals surface area (Å²) in [5, 5.41) is 51.6. The summed E-state index contributed by atoms with van der Waals surface area (Å²) >= 11 is -6.55. The van der Waals surface area contributed by atoms with Crippen LogP contribution in [0.1, 0.15) is 0 Å². The summed E-state index contributed by atoms with van der Waals surface area (Å²) in [5.74, 6) is 0. The zero-order valence-corrected chi connectivity index (χ0v) is 24.3. The van der Waals surface area contributed by atoms with E-state index in [2.05, 4.69) is 0 Å². The van der Waals surface area contributed by atoms with Gasteiger partial charge in [0, 0.05) is 0 Å². The van der Waals surface area contributed by atoms with Crippen molar-refractivity contribution in [3.05, 3.63) is 0 Å². The fourth-order valence-corrected chi connectivity index (χ4v) is 1.57. The molecule has 0 N–H and O–H groups in total. The summed E-state index contributed by atoms with van der Waals surface area (Å²) in [5.41, 5.74) is 0. The van der Waals surface area contributed by atoms with Crippen LogP contribution in [0.25, 0.3) is 0 Å². The van der Waals surface area contributed by atoms with Crippen LogP contribution in [0.5, 0.6) is 0 Å². The molecule has 0 aromatic rings. The van der Waals surface area contributed by atoms with Gasteiger partial charge in [0.05, 0.1) is 0 Å². The summed E-state index contributed by atoms with van der Waals surface area (Å²) in [6.45, 7) is 0. The van der Waals surface area contributed by atoms with Gasteiger partial charge in [0.1, 0.15) is 0 Å². The first-order valence-corrected chi connectivity index (χ1v) is 7.62. The molecule has 0 aromatic carbocycles.